The lowest BCUT2D eigenvalue weighted by Crippen LogP contribution is -2.44. The molecule has 172 valence electrons. The van der Waals surface area contributed by atoms with Crippen molar-refractivity contribution in [1.82, 2.24) is 4.90 Å². The number of rotatable bonds is 5. The van der Waals surface area contributed by atoms with Crippen LogP contribution >= 0.6 is 34.8 Å². The largest absolute Gasteiger partial charge is 0.284 e. The summed E-state index contributed by atoms with van der Waals surface area (Å²) >= 11 is 18.6. The van der Waals surface area contributed by atoms with Crippen LogP contribution < -0.4 is 0 Å². The first-order valence-electron chi connectivity index (χ1n) is 9.86. The molecule has 33 heavy (non-hydrogen) atoms. The molecule has 0 radical (unpaired) electrons. The van der Waals surface area contributed by atoms with Crippen molar-refractivity contribution in [1.29, 1.82) is 0 Å². The van der Waals surface area contributed by atoms with Crippen molar-refractivity contribution in [2.75, 3.05) is 19.3 Å². The van der Waals surface area contributed by atoms with Crippen molar-refractivity contribution in [3.05, 3.63) is 110 Å². The van der Waals surface area contributed by atoms with Crippen LogP contribution in [-0.4, -0.2) is 32.7 Å². The molecule has 9 heteroatoms. The average Bonchev–Trinajstić information content (AvgIpc) is 2.66. The van der Waals surface area contributed by atoms with Crippen LogP contribution in [0.4, 0.5) is 8.78 Å². The third-order valence-electron chi connectivity index (χ3n) is 5.41. The first-order chi connectivity index (χ1) is 15.5. The monoisotopic (exact) mass is 527 g/mol. The molecule has 3 aromatic carbocycles. The van der Waals surface area contributed by atoms with Gasteiger partial charge in [0, 0.05) is 40.5 Å². The molecule has 0 bridgehead atoms. The van der Waals surface area contributed by atoms with Gasteiger partial charge in [-0.05, 0) is 58.7 Å². The third-order valence-corrected chi connectivity index (χ3v) is 7.49. The quantitative estimate of drug-likeness (QED) is 0.366. The van der Waals surface area contributed by atoms with E-state index >= 15 is 0 Å². The minimum Gasteiger partial charge on any atom is -0.284 e. The molecule has 1 aliphatic rings. The lowest BCUT2D eigenvalue weighted by molar-refractivity contribution is 0.203. The third kappa shape index (κ3) is 5.26. The molecule has 0 N–H and O–H groups in total. The summed E-state index contributed by atoms with van der Waals surface area (Å²) in [5, 5.41) is 1.54. The number of benzene rings is 3. The normalized spacial score (nSPS) is 15.3. The van der Waals surface area contributed by atoms with Crippen LogP contribution in [0, 0.1) is 11.6 Å². The fourth-order valence-corrected chi connectivity index (χ4v) is 5.93. The molecule has 1 heterocycles. The highest BCUT2D eigenvalue weighted by atomic mass is 35.5. The molecule has 1 aliphatic heterocycles. The maximum absolute atomic E-state index is 13.8. The zero-order chi connectivity index (χ0) is 23.9. The van der Waals surface area contributed by atoms with Crippen LogP contribution in [0.5, 0.6) is 0 Å². The van der Waals surface area contributed by atoms with Gasteiger partial charge in [-0.2, -0.15) is 0 Å². The molecule has 0 aromatic heterocycles. The van der Waals surface area contributed by atoms with E-state index in [-0.39, 0.29) is 29.6 Å². The van der Waals surface area contributed by atoms with Gasteiger partial charge in [0.2, 0.25) is 0 Å². The summed E-state index contributed by atoms with van der Waals surface area (Å²) in [4.78, 5) is 1.96. The van der Waals surface area contributed by atoms with Crippen molar-refractivity contribution in [3.63, 3.8) is 0 Å². The summed E-state index contributed by atoms with van der Waals surface area (Å²) in [6.07, 6.45) is 1.04. The molecule has 3 nitrogen and oxygen atoms in total. The fourth-order valence-electron chi connectivity index (χ4n) is 4.09. The molecular weight excluding hydrogens is 511 g/mol. The number of nitrogens with zero attached hydrogens (tertiary/aromatic N) is 1. The number of likely N-dealkylation sites (tertiary alicyclic amines) is 1. The summed E-state index contributed by atoms with van der Waals surface area (Å²) in [5.41, 5.74) is 2.25. The molecule has 1 fully saturated rings. The SMILES string of the molecule is CS(=O)(=O)C(=C1CN([C@H](c2ccc(Cl)cc2)c2ccc(Cl)cc2Cl)C1)c1cc(F)cc(F)c1. The van der Waals surface area contributed by atoms with Crippen LogP contribution in [0.1, 0.15) is 22.7 Å². The van der Waals surface area contributed by atoms with E-state index in [0.717, 1.165) is 29.5 Å². The maximum atomic E-state index is 13.8. The van der Waals surface area contributed by atoms with Crippen molar-refractivity contribution in [2.45, 2.75) is 6.04 Å². The first kappa shape index (κ1) is 24.2. The smallest absolute Gasteiger partial charge is 0.176 e. The van der Waals surface area contributed by atoms with E-state index < -0.39 is 21.5 Å². The molecule has 0 saturated carbocycles. The Bertz CT molecular complexity index is 1330. The molecule has 0 amide bonds. The minimum atomic E-state index is -3.75. The topological polar surface area (TPSA) is 37.4 Å². The van der Waals surface area contributed by atoms with Crippen LogP contribution in [0.2, 0.25) is 15.1 Å². The summed E-state index contributed by atoms with van der Waals surface area (Å²) in [6, 6.07) is 15.0. The predicted octanol–water partition coefficient (Wildman–Crippen LogP) is 6.79. The zero-order valence-corrected chi connectivity index (χ0v) is 20.4. The summed E-state index contributed by atoms with van der Waals surface area (Å²) in [6.45, 7) is 0.541. The summed E-state index contributed by atoms with van der Waals surface area (Å²) in [7, 11) is -3.75. The summed E-state index contributed by atoms with van der Waals surface area (Å²) in [5.74, 6) is -1.68. The van der Waals surface area contributed by atoms with E-state index in [9.17, 15) is 17.2 Å². The van der Waals surface area contributed by atoms with E-state index in [1.807, 2.05) is 23.1 Å². The molecule has 3 aromatic rings. The lowest BCUT2D eigenvalue weighted by atomic mass is 9.92. The Labute approximate surface area is 206 Å². The van der Waals surface area contributed by atoms with Gasteiger partial charge < -0.3 is 0 Å². The Morgan fingerprint density at radius 3 is 2.00 bits per heavy atom. The number of hydrogen-bond donors (Lipinski definition) is 0. The summed E-state index contributed by atoms with van der Waals surface area (Å²) < 4.78 is 52.8. The predicted molar refractivity (Wildman–Crippen MR) is 129 cm³/mol. The highest BCUT2D eigenvalue weighted by Crippen LogP contribution is 2.41. The molecule has 1 atom stereocenters. The number of halogens is 5. The second-order valence-corrected chi connectivity index (χ2v) is 11.1. The van der Waals surface area contributed by atoms with Gasteiger partial charge in [0.15, 0.2) is 9.84 Å². The van der Waals surface area contributed by atoms with E-state index in [1.54, 1.807) is 24.3 Å². The molecule has 0 spiro atoms. The van der Waals surface area contributed by atoms with Gasteiger partial charge in [-0.15, -0.1) is 0 Å². The second kappa shape index (κ2) is 9.35. The van der Waals surface area contributed by atoms with Crippen molar-refractivity contribution >= 4 is 49.5 Å². The van der Waals surface area contributed by atoms with E-state index in [0.29, 0.717) is 26.7 Å². The van der Waals surface area contributed by atoms with Gasteiger partial charge >= 0.3 is 0 Å². The standard InChI is InChI=1S/C24H18Cl3F2NO2S/c1-33(31,32)24(15-8-19(28)11-20(29)9-15)16-12-30(13-16)23(14-2-4-17(25)5-3-14)21-7-6-18(26)10-22(21)27/h2-11,23H,12-13H2,1H3/t23-/m1/s1. The zero-order valence-electron chi connectivity index (χ0n) is 17.3. The van der Waals surface area contributed by atoms with Crippen molar-refractivity contribution in [3.8, 4) is 0 Å². The van der Waals surface area contributed by atoms with Gasteiger partial charge in [0.25, 0.3) is 0 Å². The number of hydrogen-bond acceptors (Lipinski definition) is 3. The van der Waals surface area contributed by atoms with E-state index in [1.165, 1.54) is 0 Å². The second-order valence-electron chi connectivity index (χ2n) is 7.89. The first-order valence-corrected chi connectivity index (χ1v) is 12.9. The molecule has 0 aliphatic carbocycles. The Balaban J connectivity index is 1.77. The van der Waals surface area contributed by atoms with Crippen LogP contribution in [0.25, 0.3) is 4.91 Å². The molecule has 1 saturated heterocycles. The van der Waals surface area contributed by atoms with E-state index in [2.05, 4.69) is 0 Å². The van der Waals surface area contributed by atoms with Crippen LogP contribution in [0.15, 0.2) is 66.2 Å². The van der Waals surface area contributed by atoms with Crippen LogP contribution in [0.3, 0.4) is 0 Å². The maximum Gasteiger partial charge on any atom is 0.176 e. The Kier molecular flexibility index (Phi) is 6.85. The van der Waals surface area contributed by atoms with Crippen molar-refractivity contribution in [2.24, 2.45) is 0 Å². The number of sulfone groups is 1. The van der Waals surface area contributed by atoms with Gasteiger partial charge in [0.05, 0.1) is 10.9 Å². The van der Waals surface area contributed by atoms with Crippen LogP contribution in [-0.2, 0) is 9.84 Å². The Morgan fingerprint density at radius 1 is 0.879 bits per heavy atom. The van der Waals surface area contributed by atoms with E-state index in [4.69, 9.17) is 34.8 Å². The Morgan fingerprint density at radius 2 is 1.45 bits per heavy atom. The highest BCUT2D eigenvalue weighted by Gasteiger charge is 2.35. The average molecular weight is 529 g/mol. The van der Waals surface area contributed by atoms with Gasteiger partial charge in [-0.3, -0.25) is 4.90 Å². The molecule has 4 rings (SSSR count). The molecular formula is C24H18Cl3F2NO2S. The molecule has 0 unspecified atom stereocenters. The van der Waals surface area contributed by atoms with Crippen molar-refractivity contribution < 1.29 is 17.2 Å². The van der Waals surface area contributed by atoms with Gasteiger partial charge in [-0.1, -0.05) is 53.0 Å². The lowest BCUT2D eigenvalue weighted by Gasteiger charge is -2.42. The minimum absolute atomic E-state index is 0.00258. The fraction of sp³-hybridized carbons (Fsp3) is 0.167. The van der Waals surface area contributed by atoms with Gasteiger partial charge in [-0.25, -0.2) is 17.2 Å². The van der Waals surface area contributed by atoms with Gasteiger partial charge in [0.1, 0.15) is 11.6 Å². The highest BCUT2D eigenvalue weighted by molar-refractivity contribution is 8.00. The Hall–Kier alpha value is -1.96.